The molecule has 2 heterocycles. The Labute approximate surface area is 236 Å². The number of esters is 1. The average molecular weight is 549 g/mol. The fourth-order valence-corrected chi connectivity index (χ4v) is 5.25. The van der Waals surface area contributed by atoms with E-state index in [2.05, 4.69) is 0 Å². The van der Waals surface area contributed by atoms with E-state index in [0.717, 1.165) is 22.4 Å². The van der Waals surface area contributed by atoms with E-state index in [4.69, 9.17) is 23.4 Å². The number of benzene rings is 4. The maximum absolute atomic E-state index is 13.5. The smallest absolute Gasteiger partial charge is 0.312 e. The van der Waals surface area contributed by atoms with Crippen LogP contribution in [-0.2, 0) is 11.2 Å². The molecule has 4 aromatic carbocycles. The zero-order valence-corrected chi connectivity index (χ0v) is 22.7. The van der Waals surface area contributed by atoms with Gasteiger partial charge < -0.3 is 23.4 Å². The summed E-state index contributed by atoms with van der Waals surface area (Å²) >= 11 is 0. The number of fused-ring (bicyclic) bond motifs is 3. The summed E-state index contributed by atoms with van der Waals surface area (Å²) in [7, 11) is 3.23. The lowest BCUT2D eigenvalue weighted by Crippen LogP contribution is -2.22. The van der Waals surface area contributed by atoms with Crippen molar-refractivity contribution in [1.82, 2.24) is 0 Å². The van der Waals surface area contributed by atoms with Gasteiger partial charge in [0.25, 0.3) is 0 Å². The van der Waals surface area contributed by atoms with Crippen LogP contribution in [0.4, 0.5) is 0 Å². The zero-order chi connectivity index (χ0) is 28.3. The second-order valence-corrected chi connectivity index (χ2v) is 9.79. The van der Waals surface area contributed by atoms with Crippen molar-refractivity contribution in [2.75, 3.05) is 20.8 Å². The van der Waals surface area contributed by atoms with Gasteiger partial charge in [0.15, 0.2) is 11.5 Å². The lowest BCUT2D eigenvalue weighted by atomic mass is 9.85. The predicted molar refractivity (Wildman–Crippen MR) is 155 cm³/mol. The number of rotatable bonds is 8. The maximum atomic E-state index is 13.5. The molecule has 0 spiro atoms. The minimum Gasteiger partial charge on any atom is -0.497 e. The first-order valence-electron chi connectivity index (χ1n) is 13.3. The van der Waals surface area contributed by atoms with Gasteiger partial charge in [-0.25, -0.2) is 0 Å². The predicted octanol–water partition coefficient (Wildman–Crippen LogP) is 6.54. The molecule has 1 atom stereocenters. The van der Waals surface area contributed by atoms with Crippen LogP contribution in [0.25, 0.3) is 22.1 Å². The van der Waals surface area contributed by atoms with Gasteiger partial charge in [-0.05, 0) is 53.1 Å². The molecule has 41 heavy (non-hydrogen) atoms. The van der Waals surface area contributed by atoms with Crippen molar-refractivity contribution in [3.05, 3.63) is 118 Å². The average Bonchev–Trinajstić information content (AvgIpc) is 3.01. The van der Waals surface area contributed by atoms with Crippen molar-refractivity contribution in [2.24, 2.45) is 0 Å². The Balaban J connectivity index is 1.35. The molecule has 0 amide bonds. The topological polar surface area (TPSA) is 84.2 Å². The van der Waals surface area contributed by atoms with Crippen LogP contribution in [0.5, 0.6) is 23.0 Å². The first-order valence-corrected chi connectivity index (χ1v) is 13.3. The molecule has 0 N–H and O–H groups in total. The molecule has 0 saturated heterocycles. The lowest BCUT2D eigenvalue weighted by Gasteiger charge is -2.26. The van der Waals surface area contributed by atoms with E-state index in [1.54, 1.807) is 26.4 Å². The normalized spacial score (nSPS) is 14.3. The summed E-state index contributed by atoms with van der Waals surface area (Å²) in [5.74, 6) is 1.56. The lowest BCUT2D eigenvalue weighted by molar-refractivity contribution is -0.135. The third-order valence-electron chi connectivity index (χ3n) is 7.37. The van der Waals surface area contributed by atoms with E-state index < -0.39 is 5.92 Å². The Morgan fingerprint density at radius 3 is 2.41 bits per heavy atom. The number of carbonyl (C=O) groups is 1. The summed E-state index contributed by atoms with van der Waals surface area (Å²) in [6.07, 6.45) is 2.26. The summed E-state index contributed by atoms with van der Waals surface area (Å²) in [6, 6.07) is 26.2. The minimum atomic E-state index is -0.407. The molecule has 0 saturated carbocycles. The van der Waals surface area contributed by atoms with Crippen LogP contribution in [0.15, 0.2) is 100 Å². The molecule has 1 aliphatic heterocycles. The number of carbonyl (C=O) groups excluding carboxylic acids is 1. The van der Waals surface area contributed by atoms with E-state index in [1.807, 2.05) is 72.8 Å². The Morgan fingerprint density at radius 1 is 0.854 bits per heavy atom. The van der Waals surface area contributed by atoms with E-state index in [9.17, 15) is 9.59 Å². The van der Waals surface area contributed by atoms with Crippen LogP contribution in [0.3, 0.4) is 0 Å². The first-order chi connectivity index (χ1) is 20.1. The summed E-state index contributed by atoms with van der Waals surface area (Å²) in [4.78, 5) is 26.2. The molecule has 0 bridgehead atoms. The molecule has 1 aromatic heterocycles. The van der Waals surface area contributed by atoms with Gasteiger partial charge in [-0.3, -0.25) is 9.59 Å². The van der Waals surface area contributed by atoms with Crippen LogP contribution >= 0.6 is 0 Å². The Bertz CT molecular complexity index is 1770. The van der Waals surface area contributed by atoms with Crippen molar-refractivity contribution >= 4 is 16.9 Å². The van der Waals surface area contributed by atoms with Gasteiger partial charge in [0.2, 0.25) is 5.43 Å². The van der Waals surface area contributed by atoms with Gasteiger partial charge in [-0.2, -0.15) is 0 Å². The molecule has 0 fully saturated rings. The highest BCUT2D eigenvalue weighted by molar-refractivity contribution is 5.90. The Hall–Kier alpha value is -5.04. The van der Waals surface area contributed by atoms with Gasteiger partial charge in [0.05, 0.1) is 38.2 Å². The second-order valence-electron chi connectivity index (χ2n) is 9.79. The molecular formula is C34H28O7. The highest BCUT2D eigenvalue weighted by Gasteiger charge is 2.32. The Morgan fingerprint density at radius 2 is 1.66 bits per heavy atom. The third-order valence-corrected chi connectivity index (χ3v) is 7.37. The van der Waals surface area contributed by atoms with Crippen molar-refractivity contribution in [3.63, 3.8) is 0 Å². The van der Waals surface area contributed by atoms with Gasteiger partial charge in [0.1, 0.15) is 23.3 Å². The molecule has 1 aliphatic rings. The maximum Gasteiger partial charge on any atom is 0.312 e. The fourth-order valence-electron chi connectivity index (χ4n) is 5.25. The van der Waals surface area contributed by atoms with Gasteiger partial charge in [-0.15, -0.1) is 0 Å². The van der Waals surface area contributed by atoms with Crippen molar-refractivity contribution in [1.29, 1.82) is 0 Å². The molecule has 206 valence electrons. The number of methoxy groups -OCH3 is 2. The third kappa shape index (κ3) is 5.14. The molecule has 7 heteroatoms. The van der Waals surface area contributed by atoms with E-state index in [-0.39, 0.29) is 17.8 Å². The number of hydrogen-bond acceptors (Lipinski definition) is 7. The van der Waals surface area contributed by atoms with Gasteiger partial charge in [-0.1, -0.05) is 48.5 Å². The monoisotopic (exact) mass is 548 g/mol. The van der Waals surface area contributed by atoms with E-state index >= 15 is 0 Å². The van der Waals surface area contributed by atoms with Crippen molar-refractivity contribution in [3.8, 4) is 34.1 Å². The van der Waals surface area contributed by atoms with Crippen molar-refractivity contribution < 1.29 is 28.2 Å². The molecule has 0 unspecified atom stereocenters. The van der Waals surface area contributed by atoms with Crippen LogP contribution < -0.4 is 24.4 Å². The van der Waals surface area contributed by atoms with Gasteiger partial charge in [0, 0.05) is 17.9 Å². The molecule has 7 nitrogen and oxygen atoms in total. The molecular weight excluding hydrogens is 520 g/mol. The van der Waals surface area contributed by atoms with Crippen LogP contribution in [0, 0.1) is 0 Å². The second kappa shape index (κ2) is 11.2. The quantitative estimate of drug-likeness (QED) is 0.161. The van der Waals surface area contributed by atoms with Crippen LogP contribution in [0.1, 0.15) is 29.0 Å². The largest absolute Gasteiger partial charge is 0.497 e. The standard InChI is InChI=1S/C34H28O7/c1-37-24-11-8-21(9-12-24)16-17-39-30-18-23(10-14-28(30)38-2)26-19-31(35)41-29-15-13-25-33(36)27(20-40-34(25)32(26)29)22-6-4-3-5-7-22/h3-15,18,20,26H,16-17,19H2,1-2H3/t26-/m0/s1. The SMILES string of the molecule is COc1ccc(CCOc2cc([C@@H]3CC(=O)Oc4ccc5c(=O)c(-c6ccccc6)coc5c43)ccc2OC)cc1. The highest BCUT2D eigenvalue weighted by Crippen LogP contribution is 2.44. The van der Waals surface area contributed by atoms with Crippen LogP contribution in [-0.4, -0.2) is 26.8 Å². The number of hydrogen-bond donors (Lipinski definition) is 0. The first kappa shape index (κ1) is 26.2. The molecule has 0 radical (unpaired) electrons. The van der Waals surface area contributed by atoms with E-state index in [1.165, 1.54) is 6.26 Å². The summed E-state index contributed by atoms with van der Waals surface area (Å²) < 4.78 is 28.6. The summed E-state index contributed by atoms with van der Waals surface area (Å²) in [6.45, 7) is 0.426. The number of ether oxygens (including phenoxy) is 4. The summed E-state index contributed by atoms with van der Waals surface area (Å²) in [5, 5.41) is 0.428. The minimum absolute atomic E-state index is 0.0911. The molecule has 6 rings (SSSR count). The molecule has 5 aromatic rings. The highest BCUT2D eigenvalue weighted by atomic mass is 16.5. The van der Waals surface area contributed by atoms with E-state index in [0.29, 0.717) is 52.4 Å². The van der Waals surface area contributed by atoms with Gasteiger partial charge >= 0.3 is 5.97 Å². The zero-order valence-electron chi connectivity index (χ0n) is 22.7. The van der Waals surface area contributed by atoms with Crippen molar-refractivity contribution in [2.45, 2.75) is 18.8 Å². The fraction of sp³-hybridized carbons (Fsp3) is 0.176. The molecule has 0 aliphatic carbocycles. The van der Waals surface area contributed by atoms with Crippen LogP contribution in [0.2, 0.25) is 0 Å². The Kier molecular flexibility index (Phi) is 7.17. The summed E-state index contributed by atoms with van der Waals surface area (Å²) in [5.41, 5.74) is 4.10.